The molecule has 0 spiro atoms. The van der Waals surface area contributed by atoms with Crippen molar-refractivity contribution in [2.75, 3.05) is 19.6 Å². The van der Waals surface area contributed by atoms with Crippen LogP contribution in [0.5, 0.6) is 0 Å². The molecule has 5 aliphatic rings. The lowest BCUT2D eigenvalue weighted by Crippen LogP contribution is -2.59. The first-order valence-electron chi connectivity index (χ1n) is 11.9. The molecule has 5 rings (SSSR count). The SMILES string of the molecule is C=CCN(C(=O)OC(C)(C)C)[C@@H]1CCN(C(=O)O[C@H]2C3CC4CC2C[C@](C(N)=O)(C4)C3)C1. The molecule has 3 amide bonds. The fourth-order valence-electron chi connectivity index (χ4n) is 6.66. The topological polar surface area (TPSA) is 102 Å². The molecule has 1 aliphatic heterocycles. The highest BCUT2D eigenvalue weighted by atomic mass is 16.6. The Bertz CT molecular complexity index is 775. The molecule has 1 saturated heterocycles. The van der Waals surface area contributed by atoms with Gasteiger partial charge in [-0.3, -0.25) is 9.69 Å². The van der Waals surface area contributed by atoms with E-state index in [0.29, 0.717) is 32.0 Å². The summed E-state index contributed by atoms with van der Waals surface area (Å²) < 4.78 is 11.6. The van der Waals surface area contributed by atoms with E-state index in [1.807, 2.05) is 20.8 Å². The van der Waals surface area contributed by atoms with Crippen LogP contribution in [0.1, 0.15) is 59.3 Å². The molecule has 4 aliphatic carbocycles. The van der Waals surface area contributed by atoms with Gasteiger partial charge in [-0.25, -0.2) is 9.59 Å². The number of carbonyl (C=O) groups excluding carboxylic acids is 3. The van der Waals surface area contributed by atoms with Gasteiger partial charge in [0.15, 0.2) is 0 Å². The molecule has 0 aromatic carbocycles. The van der Waals surface area contributed by atoms with E-state index in [9.17, 15) is 14.4 Å². The van der Waals surface area contributed by atoms with E-state index in [0.717, 1.165) is 32.1 Å². The Hall–Kier alpha value is -2.25. The summed E-state index contributed by atoms with van der Waals surface area (Å²) in [4.78, 5) is 41.2. The minimum atomic E-state index is -0.588. The fourth-order valence-corrected chi connectivity index (χ4v) is 6.66. The summed E-state index contributed by atoms with van der Waals surface area (Å²) in [7, 11) is 0. The van der Waals surface area contributed by atoms with Gasteiger partial charge < -0.3 is 20.1 Å². The molecule has 2 N–H and O–H groups in total. The second-order valence-electron chi connectivity index (χ2n) is 11.3. The van der Waals surface area contributed by atoms with Crippen LogP contribution < -0.4 is 5.73 Å². The summed E-state index contributed by atoms with van der Waals surface area (Å²) in [5.41, 5.74) is 4.78. The molecule has 0 aromatic heterocycles. The van der Waals surface area contributed by atoms with Crippen LogP contribution in [0.25, 0.3) is 0 Å². The van der Waals surface area contributed by atoms with Gasteiger partial charge in [-0.1, -0.05) is 6.08 Å². The van der Waals surface area contributed by atoms with E-state index in [1.54, 1.807) is 15.9 Å². The summed E-state index contributed by atoms with van der Waals surface area (Å²) in [5, 5.41) is 0. The number of carbonyl (C=O) groups is 3. The van der Waals surface area contributed by atoms with E-state index in [4.69, 9.17) is 15.2 Å². The Kier molecular flexibility index (Phi) is 5.92. The molecule has 8 nitrogen and oxygen atoms in total. The molecule has 0 radical (unpaired) electrons. The Morgan fingerprint density at radius 3 is 2.41 bits per heavy atom. The van der Waals surface area contributed by atoms with Gasteiger partial charge in [0.25, 0.3) is 0 Å². The third-order valence-electron chi connectivity index (χ3n) is 7.76. The quantitative estimate of drug-likeness (QED) is 0.652. The summed E-state index contributed by atoms with van der Waals surface area (Å²) >= 11 is 0. The minimum Gasteiger partial charge on any atom is -0.446 e. The van der Waals surface area contributed by atoms with E-state index < -0.39 is 17.1 Å². The Balaban J connectivity index is 1.37. The molecular weight excluding hydrogens is 410 g/mol. The van der Waals surface area contributed by atoms with Gasteiger partial charge in [0.05, 0.1) is 11.5 Å². The molecular formula is C24H37N3O5. The van der Waals surface area contributed by atoms with Crippen molar-refractivity contribution in [1.29, 1.82) is 0 Å². The molecule has 8 heteroatoms. The number of nitrogens with zero attached hydrogens (tertiary/aromatic N) is 2. The minimum absolute atomic E-state index is 0.132. The predicted octanol–water partition coefficient (Wildman–Crippen LogP) is 3.30. The lowest BCUT2D eigenvalue weighted by atomic mass is 9.48. The summed E-state index contributed by atoms with van der Waals surface area (Å²) in [6.45, 7) is 10.6. The molecule has 32 heavy (non-hydrogen) atoms. The summed E-state index contributed by atoms with van der Waals surface area (Å²) in [6, 6.07) is -0.132. The fraction of sp³-hybridized carbons (Fsp3) is 0.792. The van der Waals surface area contributed by atoms with Crippen molar-refractivity contribution in [3.05, 3.63) is 12.7 Å². The first kappa shape index (κ1) is 22.9. The molecule has 1 heterocycles. The number of ether oxygens (including phenoxy) is 2. The summed E-state index contributed by atoms with van der Waals surface area (Å²) in [6.07, 6.45) is 5.89. The third kappa shape index (κ3) is 4.33. The van der Waals surface area contributed by atoms with Gasteiger partial charge in [-0.15, -0.1) is 6.58 Å². The van der Waals surface area contributed by atoms with E-state index >= 15 is 0 Å². The van der Waals surface area contributed by atoms with Crippen molar-refractivity contribution in [3.63, 3.8) is 0 Å². The van der Waals surface area contributed by atoms with Crippen molar-refractivity contribution in [2.45, 2.75) is 77.0 Å². The first-order chi connectivity index (χ1) is 15.0. The molecule has 0 aromatic rings. The van der Waals surface area contributed by atoms with Crippen molar-refractivity contribution < 1.29 is 23.9 Å². The van der Waals surface area contributed by atoms with Crippen LogP contribution in [-0.4, -0.2) is 65.3 Å². The molecule has 3 atom stereocenters. The Labute approximate surface area is 190 Å². The number of amides is 3. The maximum Gasteiger partial charge on any atom is 0.410 e. The van der Waals surface area contributed by atoms with Crippen molar-refractivity contribution >= 4 is 18.1 Å². The maximum atomic E-state index is 13.0. The first-order valence-corrected chi connectivity index (χ1v) is 11.9. The van der Waals surface area contributed by atoms with Crippen molar-refractivity contribution in [2.24, 2.45) is 28.9 Å². The van der Waals surface area contributed by atoms with Crippen molar-refractivity contribution in [3.8, 4) is 0 Å². The Morgan fingerprint density at radius 2 is 1.84 bits per heavy atom. The van der Waals surface area contributed by atoms with Crippen LogP contribution in [0.4, 0.5) is 9.59 Å². The predicted molar refractivity (Wildman–Crippen MR) is 119 cm³/mol. The van der Waals surface area contributed by atoms with Crippen LogP contribution in [0, 0.1) is 23.2 Å². The highest BCUT2D eigenvalue weighted by molar-refractivity contribution is 5.81. The van der Waals surface area contributed by atoms with Gasteiger partial charge in [-0.05, 0) is 77.0 Å². The second-order valence-corrected chi connectivity index (χ2v) is 11.3. The molecule has 178 valence electrons. The average molecular weight is 448 g/mol. The van der Waals surface area contributed by atoms with Crippen LogP contribution in [-0.2, 0) is 14.3 Å². The zero-order chi connectivity index (χ0) is 23.3. The van der Waals surface area contributed by atoms with Gasteiger partial charge in [0, 0.05) is 19.6 Å². The van der Waals surface area contributed by atoms with Crippen LogP contribution in [0.3, 0.4) is 0 Å². The smallest absolute Gasteiger partial charge is 0.410 e. The van der Waals surface area contributed by atoms with Crippen molar-refractivity contribution in [1.82, 2.24) is 9.80 Å². The molecule has 4 bridgehead atoms. The largest absolute Gasteiger partial charge is 0.446 e. The van der Waals surface area contributed by atoms with Gasteiger partial charge in [0.1, 0.15) is 11.7 Å². The van der Waals surface area contributed by atoms with Crippen LogP contribution in [0.2, 0.25) is 0 Å². The third-order valence-corrected chi connectivity index (χ3v) is 7.76. The van der Waals surface area contributed by atoms with E-state index in [-0.39, 0.29) is 36.0 Å². The van der Waals surface area contributed by atoms with Gasteiger partial charge in [0.2, 0.25) is 5.91 Å². The maximum absolute atomic E-state index is 13.0. The highest BCUT2D eigenvalue weighted by Crippen LogP contribution is 2.60. The number of primary amides is 1. The highest BCUT2D eigenvalue weighted by Gasteiger charge is 2.59. The number of hydrogen-bond acceptors (Lipinski definition) is 5. The lowest BCUT2D eigenvalue weighted by Gasteiger charge is -2.58. The number of rotatable bonds is 5. The van der Waals surface area contributed by atoms with Gasteiger partial charge in [-0.2, -0.15) is 0 Å². The number of nitrogens with two attached hydrogens (primary N) is 1. The average Bonchev–Trinajstić information content (AvgIpc) is 3.16. The van der Waals surface area contributed by atoms with E-state index in [2.05, 4.69) is 6.58 Å². The van der Waals surface area contributed by atoms with Gasteiger partial charge >= 0.3 is 12.2 Å². The zero-order valence-electron chi connectivity index (χ0n) is 19.5. The second kappa shape index (κ2) is 8.27. The summed E-state index contributed by atoms with van der Waals surface area (Å²) in [5.74, 6) is 0.770. The normalized spacial score (nSPS) is 35.5. The Morgan fingerprint density at radius 1 is 1.19 bits per heavy atom. The molecule has 4 saturated carbocycles. The van der Waals surface area contributed by atoms with Crippen LogP contribution >= 0.6 is 0 Å². The van der Waals surface area contributed by atoms with Crippen LogP contribution in [0.15, 0.2) is 12.7 Å². The number of likely N-dealkylation sites (tertiary alicyclic amines) is 1. The number of hydrogen-bond donors (Lipinski definition) is 1. The molecule has 2 unspecified atom stereocenters. The monoisotopic (exact) mass is 447 g/mol. The standard InChI is InChI=1S/C24H37N3O5/c1-5-7-27(22(30)32-23(2,3)4)18-6-8-26(14-18)21(29)31-19-16-9-15-10-17(19)13-24(11-15,12-16)20(25)28/h5,15-19H,1,6-14H2,2-4H3,(H2,25,28)/t15?,16?,17?,18-,19-,24-/m1/s1. The van der Waals surface area contributed by atoms with E-state index in [1.165, 1.54) is 0 Å². The zero-order valence-corrected chi connectivity index (χ0v) is 19.5. The molecule has 5 fully saturated rings. The lowest BCUT2D eigenvalue weighted by molar-refractivity contribution is -0.161.